The molecule has 2 amide bonds. The quantitative estimate of drug-likeness (QED) is 0.571. The summed E-state index contributed by atoms with van der Waals surface area (Å²) >= 11 is 6.84. The number of amides is 2. The van der Waals surface area contributed by atoms with Gasteiger partial charge in [-0.1, -0.05) is 56.1 Å². The van der Waals surface area contributed by atoms with Gasteiger partial charge in [-0.05, 0) is 47.5 Å². The number of benzene rings is 3. The SMILES string of the molecule is O=C1Nc2cc3c(cc2=C1c1ccc(Br)cc1)NC(=O)C=3c1ccc(Br)cc1. The van der Waals surface area contributed by atoms with Crippen LogP contribution in [0.15, 0.2) is 69.6 Å². The summed E-state index contributed by atoms with van der Waals surface area (Å²) in [5.74, 6) is -0.282. The standard InChI is InChI=1S/C22H12Br2N2O2/c23-13-5-1-11(2-6-13)19-15-9-18-16(10-17(15)25-21(19)27)20(22(28)26-18)12-3-7-14(24)8-4-12/h1-10H,(H,25,27)(H,26,28). The van der Waals surface area contributed by atoms with Gasteiger partial charge in [-0.2, -0.15) is 0 Å². The van der Waals surface area contributed by atoms with E-state index in [4.69, 9.17) is 0 Å². The number of hydrogen-bond acceptors (Lipinski definition) is 2. The van der Waals surface area contributed by atoms with Crippen molar-refractivity contribution in [1.82, 2.24) is 0 Å². The average Bonchev–Trinajstić information content (AvgIpc) is 3.16. The van der Waals surface area contributed by atoms with Crippen LogP contribution >= 0.6 is 31.9 Å². The van der Waals surface area contributed by atoms with Gasteiger partial charge in [0.2, 0.25) is 0 Å². The molecule has 0 radical (unpaired) electrons. The molecule has 5 rings (SSSR count). The molecule has 4 nitrogen and oxygen atoms in total. The fourth-order valence-corrected chi connectivity index (χ4v) is 4.17. The maximum atomic E-state index is 12.6. The van der Waals surface area contributed by atoms with Crippen molar-refractivity contribution in [1.29, 1.82) is 0 Å². The van der Waals surface area contributed by atoms with E-state index in [2.05, 4.69) is 42.5 Å². The highest BCUT2D eigenvalue weighted by Crippen LogP contribution is 2.26. The molecule has 3 aromatic rings. The average molecular weight is 496 g/mol. The van der Waals surface area contributed by atoms with Gasteiger partial charge < -0.3 is 10.6 Å². The van der Waals surface area contributed by atoms with Gasteiger partial charge >= 0.3 is 0 Å². The van der Waals surface area contributed by atoms with Crippen molar-refractivity contribution in [2.75, 3.05) is 10.6 Å². The number of fused-ring (bicyclic) bond motifs is 2. The van der Waals surface area contributed by atoms with Crippen molar-refractivity contribution in [2.24, 2.45) is 0 Å². The van der Waals surface area contributed by atoms with E-state index >= 15 is 0 Å². The Hall–Kier alpha value is -2.70. The normalized spacial score (nSPS) is 14.6. The third kappa shape index (κ3) is 2.72. The van der Waals surface area contributed by atoms with Gasteiger partial charge in [0.1, 0.15) is 0 Å². The first-order valence-electron chi connectivity index (χ1n) is 8.58. The highest BCUT2D eigenvalue weighted by atomic mass is 79.9. The summed E-state index contributed by atoms with van der Waals surface area (Å²) in [6.07, 6.45) is 0. The number of hydrogen-bond donors (Lipinski definition) is 2. The summed E-state index contributed by atoms with van der Waals surface area (Å²) < 4.78 is 1.90. The third-order valence-corrected chi connectivity index (χ3v) is 5.97. The molecule has 0 saturated carbocycles. The van der Waals surface area contributed by atoms with Crippen molar-refractivity contribution in [3.05, 3.63) is 91.2 Å². The Morgan fingerprint density at radius 2 is 0.929 bits per heavy atom. The fraction of sp³-hybridized carbons (Fsp3) is 0. The molecule has 3 aromatic carbocycles. The lowest BCUT2D eigenvalue weighted by Gasteiger charge is -2.01. The molecule has 0 atom stereocenters. The summed E-state index contributed by atoms with van der Waals surface area (Å²) in [5.41, 5.74) is 4.32. The van der Waals surface area contributed by atoms with Crippen molar-refractivity contribution < 1.29 is 9.59 Å². The molecule has 28 heavy (non-hydrogen) atoms. The van der Waals surface area contributed by atoms with Gasteiger partial charge in [-0.3, -0.25) is 9.59 Å². The lowest BCUT2D eigenvalue weighted by Crippen LogP contribution is -2.13. The van der Waals surface area contributed by atoms with Crippen LogP contribution < -0.4 is 21.1 Å². The summed E-state index contributed by atoms with van der Waals surface area (Å²) in [4.78, 5) is 25.3. The van der Waals surface area contributed by atoms with E-state index in [1.807, 2.05) is 60.7 Å². The van der Waals surface area contributed by atoms with Crippen molar-refractivity contribution in [3.63, 3.8) is 0 Å². The van der Waals surface area contributed by atoms with Gasteiger partial charge in [0.25, 0.3) is 11.8 Å². The number of carbonyl (C=O) groups excluding carboxylic acids is 2. The Labute approximate surface area is 177 Å². The predicted molar refractivity (Wildman–Crippen MR) is 116 cm³/mol. The monoisotopic (exact) mass is 494 g/mol. The molecule has 0 fully saturated rings. The predicted octanol–water partition coefficient (Wildman–Crippen LogP) is 3.51. The molecule has 6 heteroatoms. The highest BCUT2D eigenvalue weighted by Gasteiger charge is 2.27. The number of halogens is 2. The number of nitrogens with one attached hydrogen (secondary N) is 2. The van der Waals surface area contributed by atoms with Crippen LogP contribution in [0.2, 0.25) is 0 Å². The molecule has 0 aliphatic carbocycles. The lowest BCUT2D eigenvalue weighted by atomic mass is 10.0. The molecule has 0 unspecified atom stereocenters. The fourth-order valence-electron chi connectivity index (χ4n) is 3.64. The molecule has 0 bridgehead atoms. The van der Waals surface area contributed by atoms with Crippen LogP contribution in [0.1, 0.15) is 11.1 Å². The highest BCUT2D eigenvalue weighted by molar-refractivity contribution is 9.10. The van der Waals surface area contributed by atoms with E-state index < -0.39 is 0 Å². The smallest absolute Gasteiger partial charge is 0.256 e. The van der Waals surface area contributed by atoms with Crippen LogP contribution in [0, 0.1) is 0 Å². The second kappa shape index (κ2) is 6.43. The first-order valence-corrected chi connectivity index (χ1v) is 10.2. The van der Waals surface area contributed by atoms with E-state index in [1.165, 1.54) is 0 Å². The number of carbonyl (C=O) groups is 2. The van der Waals surface area contributed by atoms with Gasteiger partial charge in [0.05, 0.1) is 11.1 Å². The van der Waals surface area contributed by atoms with Gasteiger partial charge in [-0.25, -0.2) is 0 Å². The zero-order chi connectivity index (χ0) is 19.4. The van der Waals surface area contributed by atoms with E-state index in [1.54, 1.807) is 0 Å². The summed E-state index contributed by atoms with van der Waals surface area (Å²) in [7, 11) is 0. The van der Waals surface area contributed by atoms with Crippen LogP contribution in [-0.4, -0.2) is 11.8 Å². The first-order chi connectivity index (χ1) is 13.5. The van der Waals surface area contributed by atoms with Crippen molar-refractivity contribution in [2.45, 2.75) is 0 Å². The minimum Gasteiger partial charge on any atom is -0.321 e. The maximum Gasteiger partial charge on any atom is 0.256 e. The van der Waals surface area contributed by atoms with Crippen LogP contribution in [0.25, 0.3) is 11.1 Å². The zero-order valence-electron chi connectivity index (χ0n) is 14.3. The summed E-state index contributed by atoms with van der Waals surface area (Å²) in [5, 5.41) is 7.47. The molecule has 2 N–H and O–H groups in total. The molecule has 2 aliphatic heterocycles. The second-order valence-electron chi connectivity index (χ2n) is 6.62. The molecular formula is C22H12Br2N2O2. The second-order valence-corrected chi connectivity index (χ2v) is 8.45. The van der Waals surface area contributed by atoms with Crippen LogP contribution in [0.5, 0.6) is 0 Å². The van der Waals surface area contributed by atoms with E-state index in [0.29, 0.717) is 22.5 Å². The molecule has 0 aromatic heterocycles. The lowest BCUT2D eigenvalue weighted by molar-refractivity contribution is -0.111. The Morgan fingerprint density at radius 3 is 1.29 bits per heavy atom. The molecular weight excluding hydrogens is 484 g/mol. The number of rotatable bonds is 2. The van der Waals surface area contributed by atoms with Gasteiger partial charge in [0, 0.05) is 30.8 Å². The van der Waals surface area contributed by atoms with Crippen LogP contribution in [0.3, 0.4) is 0 Å². The van der Waals surface area contributed by atoms with Crippen LogP contribution in [0.4, 0.5) is 11.4 Å². The third-order valence-electron chi connectivity index (χ3n) is 4.91. The summed E-state index contributed by atoms with van der Waals surface area (Å²) in [6, 6.07) is 19.0. The zero-order valence-corrected chi connectivity index (χ0v) is 17.5. The topological polar surface area (TPSA) is 58.2 Å². The molecule has 0 saturated heterocycles. The largest absolute Gasteiger partial charge is 0.321 e. The summed E-state index contributed by atoms with van der Waals surface area (Å²) in [6.45, 7) is 0. The van der Waals surface area contributed by atoms with E-state index in [0.717, 1.165) is 30.5 Å². The van der Waals surface area contributed by atoms with Gasteiger partial charge in [0.15, 0.2) is 0 Å². The minimum atomic E-state index is -0.141. The molecule has 2 aliphatic rings. The minimum absolute atomic E-state index is 0.141. The van der Waals surface area contributed by atoms with Crippen molar-refractivity contribution in [3.8, 4) is 0 Å². The van der Waals surface area contributed by atoms with E-state index in [9.17, 15) is 9.59 Å². The molecule has 0 spiro atoms. The first kappa shape index (κ1) is 17.4. The van der Waals surface area contributed by atoms with Crippen LogP contribution in [-0.2, 0) is 9.59 Å². The van der Waals surface area contributed by atoms with Crippen molar-refractivity contribution >= 4 is 66.2 Å². The Bertz CT molecular complexity index is 1190. The maximum absolute atomic E-state index is 12.6. The van der Waals surface area contributed by atoms with E-state index in [-0.39, 0.29) is 11.8 Å². The Balaban J connectivity index is 1.76. The molecule has 2 heterocycles. The Morgan fingerprint density at radius 1 is 0.571 bits per heavy atom. The molecule has 136 valence electrons. The Kier molecular flexibility index (Phi) is 4.00. The number of anilines is 2. The van der Waals surface area contributed by atoms with Gasteiger partial charge in [-0.15, -0.1) is 0 Å².